The number of carbonyl (C=O) groups is 1. The Hall–Kier alpha value is -1.61. The molecule has 1 aliphatic heterocycles. The zero-order valence-corrected chi connectivity index (χ0v) is 22.0. The van der Waals surface area contributed by atoms with E-state index >= 15 is 0 Å². The molecule has 0 radical (unpaired) electrons. The summed E-state index contributed by atoms with van der Waals surface area (Å²) in [7, 11) is 4.40. The highest BCUT2D eigenvalue weighted by molar-refractivity contribution is 5.94. The fourth-order valence-corrected chi connectivity index (χ4v) is 9.84. The SMILES string of the molecule is Cc1ccc(C(=O)N(C)C2CCC3(C)C(=CCC4C3CCC35CN(C)C(C)C3CCC45)C2)cc1. The van der Waals surface area contributed by atoms with E-state index in [0.717, 1.165) is 48.1 Å². The van der Waals surface area contributed by atoms with Crippen LogP contribution in [0.25, 0.3) is 0 Å². The van der Waals surface area contributed by atoms with Gasteiger partial charge in [-0.05, 0) is 119 Å². The van der Waals surface area contributed by atoms with Gasteiger partial charge < -0.3 is 9.80 Å². The minimum atomic E-state index is 0.180. The van der Waals surface area contributed by atoms with Gasteiger partial charge in [-0.3, -0.25) is 4.79 Å². The van der Waals surface area contributed by atoms with Crippen LogP contribution in [0, 0.1) is 41.4 Å². The van der Waals surface area contributed by atoms with Crippen molar-refractivity contribution in [1.82, 2.24) is 9.80 Å². The van der Waals surface area contributed by atoms with Gasteiger partial charge >= 0.3 is 0 Å². The van der Waals surface area contributed by atoms with Crippen LogP contribution in [0.1, 0.15) is 81.1 Å². The van der Waals surface area contributed by atoms with Crippen LogP contribution >= 0.6 is 0 Å². The summed E-state index contributed by atoms with van der Waals surface area (Å²) in [6.45, 7) is 8.51. The van der Waals surface area contributed by atoms with Gasteiger partial charge in [0.2, 0.25) is 0 Å². The molecule has 6 rings (SSSR count). The van der Waals surface area contributed by atoms with E-state index in [1.54, 1.807) is 5.57 Å². The summed E-state index contributed by atoms with van der Waals surface area (Å²) in [4.78, 5) is 17.9. The van der Waals surface area contributed by atoms with Crippen LogP contribution in [0.5, 0.6) is 0 Å². The zero-order valence-electron chi connectivity index (χ0n) is 22.0. The molecule has 0 N–H and O–H groups in total. The number of likely N-dealkylation sites (tertiary alicyclic amines) is 1. The number of allylic oxidation sites excluding steroid dienone is 1. The number of aryl methyl sites for hydroxylation is 1. The standard InChI is InChI=1S/C31H44N2O/c1-20-6-8-22(9-7-20)29(34)33(5)24-14-16-30(3)23(18-24)10-11-25-27(30)15-17-31-19-32(4)21(2)26(31)12-13-28(25)31/h6-10,21,24-28H,11-19H2,1-5H3. The molecule has 3 saturated carbocycles. The molecule has 8 unspecified atom stereocenters. The van der Waals surface area contributed by atoms with Crippen LogP contribution in [0.2, 0.25) is 0 Å². The maximum atomic E-state index is 13.2. The molecule has 1 saturated heterocycles. The summed E-state index contributed by atoms with van der Waals surface area (Å²) >= 11 is 0. The first-order chi connectivity index (χ1) is 16.2. The first kappa shape index (κ1) is 22.8. The Morgan fingerprint density at radius 1 is 1.03 bits per heavy atom. The van der Waals surface area contributed by atoms with Crippen LogP contribution in [-0.4, -0.2) is 48.4 Å². The topological polar surface area (TPSA) is 23.6 Å². The first-order valence-corrected chi connectivity index (χ1v) is 14.0. The molecule has 8 atom stereocenters. The van der Waals surface area contributed by atoms with Gasteiger partial charge in [-0.25, -0.2) is 0 Å². The second-order valence-electron chi connectivity index (χ2n) is 13.0. The van der Waals surface area contributed by atoms with Crippen molar-refractivity contribution < 1.29 is 4.79 Å². The van der Waals surface area contributed by atoms with Crippen molar-refractivity contribution in [2.45, 2.75) is 84.2 Å². The number of nitrogens with zero attached hydrogens (tertiary/aromatic N) is 2. The van der Waals surface area contributed by atoms with Gasteiger partial charge in [-0.15, -0.1) is 0 Å². The largest absolute Gasteiger partial charge is 0.338 e. The molecule has 3 nitrogen and oxygen atoms in total. The third kappa shape index (κ3) is 3.14. The number of hydrogen-bond acceptors (Lipinski definition) is 2. The molecule has 0 bridgehead atoms. The van der Waals surface area contributed by atoms with Gasteiger partial charge in [0.15, 0.2) is 0 Å². The first-order valence-electron chi connectivity index (χ1n) is 14.0. The number of hydrogen-bond donors (Lipinski definition) is 0. The molecule has 3 heteroatoms. The lowest BCUT2D eigenvalue weighted by Crippen LogP contribution is -2.53. The molecule has 0 aromatic heterocycles. The van der Waals surface area contributed by atoms with Crippen molar-refractivity contribution in [2.75, 3.05) is 20.6 Å². The average Bonchev–Trinajstić information content (AvgIpc) is 3.31. The van der Waals surface area contributed by atoms with E-state index < -0.39 is 0 Å². The Morgan fingerprint density at radius 2 is 1.76 bits per heavy atom. The maximum Gasteiger partial charge on any atom is 0.253 e. The lowest BCUT2D eigenvalue weighted by molar-refractivity contribution is -0.0430. The maximum absolute atomic E-state index is 13.2. The van der Waals surface area contributed by atoms with Crippen molar-refractivity contribution in [3.63, 3.8) is 0 Å². The van der Waals surface area contributed by atoms with Crippen molar-refractivity contribution in [2.24, 2.45) is 34.5 Å². The average molecular weight is 461 g/mol. The highest BCUT2D eigenvalue weighted by atomic mass is 16.2. The second kappa shape index (κ2) is 7.95. The fourth-order valence-electron chi connectivity index (χ4n) is 9.84. The van der Waals surface area contributed by atoms with Gasteiger partial charge in [-0.1, -0.05) is 36.3 Å². The summed E-state index contributed by atoms with van der Waals surface area (Å²) in [5, 5.41) is 0. The molecule has 4 fully saturated rings. The Balaban J connectivity index is 1.21. The van der Waals surface area contributed by atoms with E-state index in [-0.39, 0.29) is 5.91 Å². The molecule has 1 spiro atoms. The molecule has 1 amide bonds. The molecule has 4 aliphatic carbocycles. The lowest BCUT2D eigenvalue weighted by Gasteiger charge is -2.58. The summed E-state index contributed by atoms with van der Waals surface area (Å²) in [6, 6.07) is 9.17. The van der Waals surface area contributed by atoms with Gasteiger partial charge in [-0.2, -0.15) is 0 Å². The summed E-state index contributed by atoms with van der Waals surface area (Å²) in [6.07, 6.45) is 13.2. The molecule has 184 valence electrons. The Morgan fingerprint density at radius 3 is 2.53 bits per heavy atom. The number of rotatable bonds is 2. The van der Waals surface area contributed by atoms with Gasteiger partial charge in [0.1, 0.15) is 0 Å². The van der Waals surface area contributed by atoms with Crippen LogP contribution in [0.3, 0.4) is 0 Å². The van der Waals surface area contributed by atoms with Crippen molar-refractivity contribution in [3.05, 3.63) is 47.0 Å². The third-order valence-corrected chi connectivity index (χ3v) is 11.8. The summed E-state index contributed by atoms with van der Waals surface area (Å²) in [5.41, 5.74) is 4.66. The van der Waals surface area contributed by atoms with Crippen LogP contribution in [0.4, 0.5) is 0 Å². The molecular formula is C31H44N2O. The minimum absolute atomic E-state index is 0.180. The summed E-state index contributed by atoms with van der Waals surface area (Å²) < 4.78 is 0. The third-order valence-electron chi connectivity index (χ3n) is 11.8. The van der Waals surface area contributed by atoms with Crippen LogP contribution in [0.15, 0.2) is 35.9 Å². The molecule has 1 aromatic rings. The van der Waals surface area contributed by atoms with Crippen LogP contribution < -0.4 is 0 Å². The molecule has 34 heavy (non-hydrogen) atoms. The van der Waals surface area contributed by atoms with E-state index in [0.29, 0.717) is 16.9 Å². The smallest absolute Gasteiger partial charge is 0.253 e. The molecule has 5 aliphatic rings. The Kier molecular flexibility index (Phi) is 5.34. The molecule has 1 aromatic carbocycles. The predicted octanol–water partition coefficient (Wildman–Crippen LogP) is 6.33. The van der Waals surface area contributed by atoms with Crippen molar-refractivity contribution >= 4 is 5.91 Å². The van der Waals surface area contributed by atoms with Gasteiger partial charge in [0, 0.05) is 31.2 Å². The minimum Gasteiger partial charge on any atom is -0.338 e. The number of fused-ring (bicyclic) bond motifs is 4. The fraction of sp³-hybridized carbons (Fsp3) is 0.710. The van der Waals surface area contributed by atoms with E-state index in [9.17, 15) is 4.79 Å². The molecule has 1 heterocycles. The quantitative estimate of drug-likeness (QED) is 0.482. The van der Waals surface area contributed by atoms with Gasteiger partial charge in [0.05, 0.1) is 0 Å². The van der Waals surface area contributed by atoms with E-state index in [1.165, 1.54) is 50.6 Å². The number of amides is 1. The predicted molar refractivity (Wildman–Crippen MR) is 139 cm³/mol. The Labute approximate surface area is 207 Å². The highest BCUT2D eigenvalue weighted by Gasteiger charge is 2.64. The number of benzene rings is 1. The van der Waals surface area contributed by atoms with E-state index in [1.807, 2.05) is 24.1 Å². The van der Waals surface area contributed by atoms with Crippen LogP contribution in [-0.2, 0) is 0 Å². The summed E-state index contributed by atoms with van der Waals surface area (Å²) in [5.74, 6) is 3.77. The van der Waals surface area contributed by atoms with Crippen molar-refractivity contribution in [3.8, 4) is 0 Å². The normalized spacial score (nSPS) is 43.4. The molecular weight excluding hydrogens is 416 g/mol. The van der Waals surface area contributed by atoms with E-state index in [4.69, 9.17) is 0 Å². The van der Waals surface area contributed by atoms with E-state index in [2.05, 4.69) is 50.9 Å². The second-order valence-corrected chi connectivity index (χ2v) is 13.0. The number of carbonyl (C=O) groups excluding carboxylic acids is 1. The lowest BCUT2D eigenvalue weighted by atomic mass is 9.47. The Bertz CT molecular complexity index is 997. The van der Waals surface area contributed by atoms with Crippen molar-refractivity contribution in [1.29, 1.82) is 0 Å². The van der Waals surface area contributed by atoms with Gasteiger partial charge in [0.25, 0.3) is 5.91 Å². The monoisotopic (exact) mass is 460 g/mol. The highest BCUT2D eigenvalue weighted by Crippen LogP contribution is 2.68. The zero-order chi connectivity index (χ0) is 23.8.